The maximum absolute atomic E-state index is 14.0. The Kier molecular flexibility index (Phi) is 30.6. The fraction of sp³-hybridized carbons (Fsp3) is 0.895. The number of carbonyl (C=O) groups is 4. The molecule has 0 bridgehead atoms. The number of primary amides is 1. The molecule has 0 radical (unpaired) electrons. The van der Waals surface area contributed by atoms with Crippen LogP contribution in [0.5, 0.6) is 0 Å². The van der Waals surface area contributed by atoms with Crippen LogP contribution in [0.15, 0.2) is 0 Å². The Labute approximate surface area is 294 Å². The van der Waals surface area contributed by atoms with E-state index in [0.29, 0.717) is 32.7 Å². The van der Waals surface area contributed by atoms with E-state index in [1.807, 2.05) is 0 Å². The van der Waals surface area contributed by atoms with Crippen LogP contribution >= 0.6 is 0 Å². The van der Waals surface area contributed by atoms with Crippen molar-refractivity contribution in [1.82, 2.24) is 20.0 Å². The Bertz CT molecular complexity index is 827. The minimum Gasteiger partial charge on any atom is -0.368 e. The van der Waals surface area contributed by atoms with Crippen LogP contribution in [0.3, 0.4) is 0 Å². The van der Waals surface area contributed by atoms with Gasteiger partial charge < -0.3 is 31.5 Å². The van der Waals surface area contributed by atoms with Gasteiger partial charge in [-0.2, -0.15) is 0 Å². The highest BCUT2D eigenvalue weighted by atomic mass is 16.2. The number of nitrogens with zero attached hydrogens (tertiary/aromatic N) is 3. The summed E-state index contributed by atoms with van der Waals surface area (Å²) in [5.74, 6) is -0.921. The molecule has 0 spiro atoms. The summed E-state index contributed by atoms with van der Waals surface area (Å²) in [7, 11) is 0. The lowest BCUT2D eigenvalue weighted by Gasteiger charge is -2.32. The van der Waals surface area contributed by atoms with Crippen molar-refractivity contribution in [3.05, 3.63) is 0 Å². The van der Waals surface area contributed by atoms with Gasteiger partial charge in [-0.3, -0.25) is 19.2 Å². The van der Waals surface area contributed by atoms with Crippen molar-refractivity contribution in [3.63, 3.8) is 0 Å². The number of rotatable bonds is 34. The first-order valence-corrected chi connectivity index (χ1v) is 19.8. The van der Waals surface area contributed by atoms with E-state index in [0.717, 1.165) is 64.2 Å². The summed E-state index contributed by atoms with van der Waals surface area (Å²) in [4.78, 5) is 57.6. The molecule has 0 aromatic carbocycles. The van der Waals surface area contributed by atoms with Gasteiger partial charge >= 0.3 is 0 Å². The Hall–Kier alpha value is -2.20. The zero-order valence-corrected chi connectivity index (χ0v) is 31.7. The fourth-order valence-electron chi connectivity index (χ4n) is 6.06. The molecule has 10 nitrogen and oxygen atoms in total. The van der Waals surface area contributed by atoms with Gasteiger partial charge in [0.25, 0.3) is 0 Å². The number of unbranched alkanes of at least 4 members (excludes halogenated alkanes) is 15. The lowest BCUT2D eigenvalue weighted by atomic mass is 9.98. The van der Waals surface area contributed by atoms with Crippen LogP contribution in [0.1, 0.15) is 156 Å². The van der Waals surface area contributed by atoms with Gasteiger partial charge in [-0.05, 0) is 25.2 Å². The van der Waals surface area contributed by atoms with Crippen molar-refractivity contribution in [3.8, 4) is 0 Å². The number of hydrogen-bond donors (Lipinski definition) is 3. The molecule has 10 heteroatoms. The predicted octanol–water partition coefficient (Wildman–Crippen LogP) is 6.00. The smallest absolute Gasteiger partial charge is 0.242 e. The molecule has 0 heterocycles. The van der Waals surface area contributed by atoms with Crippen LogP contribution in [0, 0.1) is 5.92 Å². The summed E-state index contributed by atoms with van der Waals surface area (Å²) in [5.41, 5.74) is 11.2. The van der Waals surface area contributed by atoms with Gasteiger partial charge in [0.1, 0.15) is 0 Å². The molecule has 1 atom stereocenters. The maximum Gasteiger partial charge on any atom is 0.242 e. The molecule has 0 saturated heterocycles. The van der Waals surface area contributed by atoms with E-state index in [2.05, 4.69) is 33.0 Å². The molecule has 0 aromatic rings. The predicted molar refractivity (Wildman–Crippen MR) is 199 cm³/mol. The first-order chi connectivity index (χ1) is 23.2. The molecule has 1 unspecified atom stereocenters. The van der Waals surface area contributed by atoms with Gasteiger partial charge in [-0.15, -0.1) is 0 Å². The maximum atomic E-state index is 14.0. The van der Waals surface area contributed by atoms with E-state index in [4.69, 9.17) is 11.5 Å². The van der Waals surface area contributed by atoms with Crippen LogP contribution in [0.25, 0.3) is 0 Å². The molecule has 5 N–H and O–H groups in total. The van der Waals surface area contributed by atoms with Crippen molar-refractivity contribution >= 4 is 23.6 Å². The third kappa shape index (κ3) is 24.9. The molecule has 48 heavy (non-hydrogen) atoms. The molecule has 0 aromatic heterocycles. The third-order valence-corrected chi connectivity index (χ3v) is 9.24. The Balaban J connectivity index is 5.62. The minimum atomic E-state index is -0.553. The summed E-state index contributed by atoms with van der Waals surface area (Å²) in [5, 5.41) is 3.07. The van der Waals surface area contributed by atoms with Crippen LogP contribution < -0.4 is 16.8 Å². The van der Waals surface area contributed by atoms with Crippen LogP contribution in [0.2, 0.25) is 0 Å². The standard InChI is InChI=1S/C38H76N6O4/c1-5-9-12-14-16-18-20-22-27-42(31-35(40)45)37(47)33-44(30-34(8-4)24-11-7-3)38(48)32-43(36(46)29-41-26-25-39)28-23-21-19-17-15-13-10-6-2/h34,41H,5-33,39H2,1-4H3,(H2,40,45). The SMILES string of the molecule is CCCCCCCCCCN(CC(N)=O)C(=O)CN(CC(CC)CCCC)C(=O)CN(CCCCCCCCCC)C(=O)CNCCN. The Morgan fingerprint density at radius 1 is 0.562 bits per heavy atom. The van der Waals surface area contributed by atoms with Crippen LogP contribution in [-0.4, -0.2) is 97.2 Å². The molecule has 0 saturated carbocycles. The van der Waals surface area contributed by atoms with E-state index in [1.165, 1.54) is 69.1 Å². The van der Waals surface area contributed by atoms with E-state index in [-0.39, 0.29) is 49.8 Å². The van der Waals surface area contributed by atoms with Gasteiger partial charge in [0, 0.05) is 32.7 Å². The molecule has 0 aliphatic rings. The zero-order chi connectivity index (χ0) is 35.8. The topological polar surface area (TPSA) is 142 Å². The van der Waals surface area contributed by atoms with E-state index in [9.17, 15) is 19.2 Å². The number of amides is 4. The van der Waals surface area contributed by atoms with Gasteiger partial charge in [0.05, 0.1) is 26.2 Å². The first-order valence-electron chi connectivity index (χ1n) is 19.8. The molecule has 0 aliphatic heterocycles. The van der Waals surface area contributed by atoms with Gasteiger partial charge in [-0.25, -0.2) is 0 Å². The molecule has 0 aliphatic carbocycles. The third-order valence-electron chi connectivity index (χ3n) is 9.24. The first kappa shape index (κ1) is 45.8. The van der Waals surface area contributed by atoms with Crippen molar-refractivity contribution in [2.75, 3.05) is 58.9 Å². The summed E-state index contributed by atoms with van der Waals surface area (Å²) in [6.07, 6.45) is 22.2. The summed E-state index contributed by atoms with van der Waals surface area (Å²) in [6.45, 7) is 10.8. The quantitative estimate of drug-likeness (QED) is 0.0712. The van der Waals surface area contributed by atoms with Gasteiger partial charge in [-0.1, -0.05) is 137 Å². The monoisotopic (exact) mass is 681 g/mol. The van der Waals surface area contributed by atoms with E-state index < -0.39 is 5.91 Å². The second-order valence-corrected chi connectivity index (χ2v) is 13.7. The van der Waals surface area contributed by atoms with Crippen molar-refractivity contribution in [2.24, 2.45) is 17.4 Å². The fourth-order valence-corrected chi connectivity index (χ4v) is 6.06. The lowest BCUT2D eigenvalue weighted by molar-refractivity contribution is -0.145. The number of carbonyl (C=O) groups excluding carboxylic acids is 4. The average Bonchev–Trinajstić information content (AvgIpc) is 3.06. The van der Waals surface area contributed by atoms with Crippen LogP contribution in [-0.2, 0) is 19.2 Å². The van der Waals surface area contributed by atoms with Crippen LogP contribution in [0.4, 0.5) is 0 Å². The van der Waals surface area contributed by atoms with Crippen molar-refractivity contribution in [2.45, 2.75) is 156 Å². The lowest BCUT2D eigenvalue weighted by Crippen LogP contribution is -2.51. The molecular weight excluding hydrogens is 604 g/mol. The summed E-state index contributed by atoms with van der Waals surface area (Å²) >= 11 is 0. The second-order valence-electron chi connectivity index (χ2n) is 13.7. The number of nitrogens with two attached hydrogens (primary N) is 2. The second kappa shape index (κ2) is 32.0. The summed E-state index contributed by atoms with van der Waals surface area (Å²) in [6, 6.07) is 0. The Morgan fingerprint density at radius 3 is 1.46 bits per heavy atom. The minimum absolute atomic E-state index is 0.0645. The van der Waals surface area contributed by atoms with E-state index in [1.54, 1.807) is 9.80 Å². The van der Waals surface area contributed by atoms with Crippen molar-refractivity contribution in [1.29, 1.82) is 0 Å². The molecule has 0 fully saturated rings. The molecule has 0 rings (SSSR count). The number of nitrogens with one attached hydrogen (secondary N) is 1. The summed E-state index contributed by atoms with van der Waals surface area (Å²) < 4.78 is 0. The van der Waals surface area contributed by atoms with Crippen molar-refractivity contribution < 1.29 is 19.2 Å². The average molecular weight is 681 g/mol. The highest BCUT2D eigenvalue weighted by molar-refractivity contribution is 5.90. The van der Waals surface area contributed by atoms with E-state index >= 15 is 0 Å². The van der Waals surface area contributed by atoms with Gasteiger partial charge in [0.2, 0.25) is 23.6 Å². The Morgan fingerprint density at radius 2 is 1.00 bits per heavy atom. The highest BCUT2D eigenvalue weighted by Gasteiger charge is 2.27. The number of hydrogen-bond acceptors (Lipinski definition) is 6. The largest absolute Gasteiger partial charge is 0.368 e. The molecule has 282 valence electrons. The molecule has 4 amide bonds. The normalized spacial score (nSPS) is 11.8. The molecular formula is C38H76N6O4. The zero-order valence-electron chi connectivity index (χ0n) is 31.7. The van der Waals surface area contributed by atoms with Gasteiger partial charge in [0.15, 0.2) is 0 Å². The highest BCUT2D eigenvalue weighted by Crippen LogP contribution is 2.16.